The zero-order valence-electron chi connectivity index (χ0n) is 9.84. The summed E-state index contributed by atoms with van der Waals surface area (Å²) < 4.78 is 4.58. The molecule has 18 heavy (non-hydrogen) atoms. The summed E-state index contributed by atoms with van der Waals surface area (Å²) in [4.78, 5) is 21.8. The summed E-state index contributed by atoms with van der Waals surface area (Å²) in [6.45, 7) is 1.35. The van der Waals surface area contributed by atoms with Crippen LogP contribution in [-0.4, -0.2) is 39.5 Å². The van der Waals surface area contributed by atoms with Gasteiger partial charge in [0.25, 0.3) is 0 Å². The van der Waals surface area contributed by atoms with Gasteiger partial charge in [-0.15, -0.1) is 0 Å². The number of amides is 2. The van der Waals surface area contributed by atoms with Crippen molar-refractivity contribution < 1.29 is 24.3 Å². The maximum atomic E-state index is 11.3. The van der Waals surface area contributed by atoms with Gasteiger partial charge in [-0.05, 0) is 6.92 Å². The Morgan fingerprint density at radius 1 is 1.50 bits per heavy atom. The summed E-state index contributed by atoms with van der Waals surface area (Å²) in [6, 6.07) is 1.07. The highest BCUT2D eigenvalue weighted by molar-refractivity contribution is 5.74. The number of carbonyl (C=O) groups is 2. The first-order chi connectivity index (χ1) is 8.39. The van der Waals surface area contributed by atoms with Gasteiger partial charge in [0.15, 0.2) is 0 Å². The van der Waals surface area contributed by atoms with Gasteiger partial charge < -0.3 is 25.4 Å². The normalized spacial score (nSPS) is 13.7. The van der Waals surface area contributed by atoms with E-state index in [1.54, 1.807) is 6.07 Å². The van der Waals surface area contributed by atoms with Crippen LogP contribution in [0.4, 0.5) is 4.79 Å². The Bertz CT molecular complexity index is 402. The lowest BCUT2D eigenvalue weighted by Crippen LogP contribution is -2.45. The highest BCUT2D eigenvalue weighted by Gasteiger charge is 2.24. The van der Waals surface area contributed by atoms with E-state index in [1.165, 1.54) is 13.2 Å². The molecule has 0 bridgehead atoms. The average Bonchev–Trinajstić information content (AvgIpc) is 2.74. The van der Waals surface area contributed by atoms with Crippen LogP contribution < -0.4 is 10.6 Å². The van der Waals surface area contributed by atoms with E-state index in [0.29, 0.717) is 5.69 Å². The van der Waals surface area contributed by atoms with Gasteiger partial charge in [0, 0.05) is 12.6 Å². The van der Waals surface area contributed by atoms with E-state index in [9.17, 15) is 14.7 Å². The number of urea groups is 1. The van der Waals surface area contributed by atoms with Crippen LogP contribution >= 0.6 is 0 Å². The van der Waals surface area contributed by atoms with Crippen LogP contribution in [0.15, 0.2) is 16.9 Å². The largest absolute Gasteiger partial charge is 0.481 e. The third-order valence-electron chi connectivity index (χ3n) is 2.08. The first kappa shape index (κ1) is 14.0. The third kappa shape index (κ3) is 5.30. The molecule has 1 rings (SSSR count). The molecule has 0 spiro atoms. The summed E-state index contributed by atoms with van der Waals surface area (Å²) in [7, 11) is 0. The Balaban J connectivity index is 2.26. The SMILES string of the molecule is CC(O)(CNC(=O)NCc1ccon1)CC(=O)O. The Morgan fingerprint density at radius 2 is 2.22 bits per heavy atom. The van der Waals surface area contributed by atoms with Gasteiger partial charge in [0.1, 0.15) is 12.0 Å². The lowest BCUT2D eigenvalue weighted by Gasteiger charge is -2.21. The van der Waals surface area contributed by atoms with Crippen molar-refractivity contribution >= 4 is 12.0 Å². The van der Waals surface area contributed by atoms with E-state index in [2.05, 4.69) is 20.3 Å². The van der Waals surface area contributed by atoms with E-state index in [1.807, 2.05) is 0 Å². The fraction of sp³-hybridized carbons (Fsp3) is 0.500. The minimum atomic E-state index is -1.49. The fourth-order valence-corrected chi connectivity index (χ4v) is 1.22. The Labute approximate surface area is 103 Å². The molecule has 1 atom stereocenters. The molecule has 0 aliphatic heterocycles. The standard InChI is InChI=1S/C10H15N3O5/c1-10(17,4-8(14)15)6-12-9(16)11-5-7-2-3-18-13-7/h2-3,17H,4-6H2,1H3,(H,14,15)(H2,11,12,16). The van der Waals surface area contributed by atoms with Gasteiger partial charge in [-0.25, -0.2) is 4.79 Å². The zero-order valence-corrected chi connectivity index (χ0v) is 9.84. The second-order valence-electron chi connectivity index (χ2n) is 4.09. The molecule has 0 aromatic carbocycles. The van der Waals surface area contributed by atoms with Crippen molar-refractivity contribution in [1.29, 1.82) is 0 Å². The minimum absolute atomic E-state index is 0.163. The molecule has 8 nitrogen and oxygen atoms in total. The predicted molar refractivity (Wildman–Crippen MR) is 59.6 cm³/mol. The molecule has 8 heteroatoms. The second-order valence-corrected chi connectivity index (χ2v) is 4.09. The number of carbonyl (C=O) groups excluding carboxylic acids is 1. The van der Waals surface area contributed by atoms with E-state index in [-0.39, 0.29) is 13.1 Å². The molecule has 0 radical (unpaired) electrons. The Kier molecular flexibility index (Phi) is 4.67. The molecule has 0 saturated carbocycles. The predicted octanol–water partition coefficient (Wildman–Crippen LogP) is -0.301. The number of aromatic nitrogens is 1. The van der Waals surface area contributed by atoms with E-state index in [0.717, 1.165) is 0 Å². The first-order valence-corrected chi connectivity index (χ1v) is 5.24. The zero-order chi connectivity index (χ0) is 13.6. The molecule has 100 valence electrons. The van der Waals surface area contributed by atoms with Crippen LogP contribution in [0.1, 0.15) is 19.0 Å². The molecule has 4 N–H and O–H groups in total. The molecule has 1 aromatic rings. The summed E-state index contributed by atoms with van der Waals surface area (Å²) in [5.74, 6) is -1.13. The first-order valence-electron chi connectivity index (χ1n) is 5.24. The van der Waals surface area contributed by atoms with Gasteiger partial charge in [-0.1, -0.05) is 5.16 Å². The number of nitrogens with one attached hydrogen (secondary N) is 2. The third-order valence-corrected chi connectivity index (χ3v) is 2.08. The average molecular weight is 257 g/mol. The quantitative estimate of drug-likeness (QED) is 0.554. The van der Waals surface area contributed by atoms with E-state index >= 15 is 0 Å². The van der Waals surface area contributed by atoms with Gasteiger partial charge >= 0.3 is 12.0 Å². The molecule has 1 aromatic heterocycles. The Hall–Kier alpha value is -2.09. The number of carboxylic acids is 1. The van der Waals surface area contributed by atoms with Gasteiger partial charge in [0.2, 0.25) is 0 Å². The second kappa shape index (κ2) is 6.01. The summed E-state index contributed by atoms with van der Waals surface area (Å²) in [6.07, 6.45) is 0.934. The molecular formula is C10H15N3O5. The smallest absolute Gasteiger partial charge is 0.315 e. The van der Waals surface area contributed by atoms with Crippen molar-refractivity contribution in [2.75, 3.05) is 6.54 Å². The van der Waals surface area contributed by atoms with Crippen molar-refractivity contribution in [3.63, 3.8) is 0 Å². The minimum Gasteiger partial charge on any atom is -0.481 e. The molecular weight excluding hydrogens is 242 g/mol. The van der Waals surface area contributed by atoms with Gasteiger partial charge in [-0.2, -0.15) is 0 Å². The van der Waals surface area contributed by atoms with Gasteiger partial charge in [0.05, 0.1) is 18.6 Å². The fourth-order valence-electron chi connectivity index (χ4n) is 1.22. The van der Waals surface area contributed by atoms with Crippen molar-refractivity contribution in [2.45, 2.75) is 25.5 Å². The van der Waals surface area contributed by atoms with Crippen molar-refractivity contribution in [3.05, 3.63) is 18.0 Å². The monoisotopic (exact) mass is 257 g/mol. The molecule has 0 aliphatic carbocycles. The summed E-state index contributed by atoms with van der Waals surface area (Å²) >= 11 is 0. The van der Waals surface area contributed by atoms with Crippen molar-refractivity contribution in [1.82, 2.24) is 15.8 Å². The topological polar surface area (TPSA) is 125 Å². The Morgan fingerprint density at radius 3 is 2.78 bits per heavy atom. The molecule has 0 fully saturated rings. The van der Waals surface area contributed by atoms with Crippen LogP contribution in [0.2, 0.25) is 0 Å². The highest BCUT2D eigenvalue weighted by Crippen LogP contribution is 2.07. The van der Waals surface area contributed by atoms with Crippen LogP contribution in [0.25, 0.3) is 0 Å². The molecule has 0 aliphatic rings. The van der Waals surface area contributed by atoms with Crippen LogP contribution in [-0.2, 0) is 11.3 Å². The van der Waals surface area contributed by atoms with Crippen LogP contribution in [0.3, 0.4) is 0 Å². The maximum absolute atomic E-state index is 11.3. The lowest BCUT2D eigenvalue weighted by molar-refractivity contribution is -0.141. The molecule has 1 heterocycles. The van der Waals surface area contributed by atoms with E-state index in [4.69, 9.17) is 5.11 Å². The van der Waals surface area contributed by atoms with Gasteiger partial charge in [-0.3, -0.25) is 4.79 Å². The number of hydrogen-bond acceptors (Lipinski definition) is 5. The van der Waals surface area contributed by atoms with Crippen LogP contribution in [0.5, 0.6) is 0 Å². The number of rotatable bonds is 6. The molecule has 2 amide bonds. The number of aliphatic carboxylic acids is 1. The molecule has 0 saturated heterocycles. The maximum Gasteiger partial charge on any atom is 0.315 e. The highest BCUT2D eigenvalue weighted by atomic mass is 16.5. The number of nitrogens with zero attached hydrogens (tertiary/aromatic N) is 1. The van der Waals surface area contributed by atoms with Crippen molar-refractivity contribution in [2.24, 2.45) is 0 Å². The van der Waals surface area contributed by atoms with E-state index < -0.39 is 24.0 Å². The molecule has 1 unspecified atom stereocenters. The van der Waals surface area contributed by atoms with Crippen LogP contribution in [0, 0.1) is 0 Å². The number of carboxylic acid groups (broad SMARTS) is 1. The summed E-state index contributed by atoms with van der Waals surface area (Å²) in [5, 5.41) is 26.6. The summed E-state index contributed by atoms with van der Waals surface area (Å²) in [5.41, 5.74) is -0.931. The lowest BCUT2D eigenvalue weighted by atomic mass is 10.0. The number of aliphatic hydroxyl groups is 1. The van der Waals surface area contributed by atoms with Crippen molar-refractivity contribution in [3.8, 4) is 0 Å². The number of hydrogen-bond donors (Lipinski definition) is 4.